The third-order valence-electron chi connectivity index (χ3n) is 2.50. The fraction of sp³-hybridized carbons (Fsp3) is 1.00. The van der Waals surface area contributed by atoms with Crippen molar-refractivity contribution in [1.29, 1.82) is 0 Å². The molecule has 2 atom stereocenters. The summed E-state index contributed by atoms with van der Waals surface area (Å²) in [4.78, 5) is 0. The van der Waals surface area contributed by atoms with Gasteiger partial charge in [0.1, 0.15) is 0 Å². The maximum atomic E-state index is 5.17. The van der Waals surface area contributed by atoms with Gasteiger partial charge in [-0.05, 0) is 18.4 Å². The van der Waals surface area contributed by atoms with E-state index >= 15 is 0 Å². The van der Waals surface area contributed by atoms with Gasteiger partial charge in [0.05, 0.1) is 6.61 Å². The minimum absolute atomic E-state index is 0.500. The predicted octanol–water partition coefficient (Wildman–Crippen LogP) is 1.90. The second kappa shape index (κ2) is 6.44. The Morgan fingerprint density at radius 2 is 1.83 bits per heavy atom. The number of methoxy groups -OCH3 is 1. The molecule has 0 bridgehead atoms. The Balaban J connectivity index is 3.89. The van der Waals surface area contributed by atoms with Crippen LogP contribution in [-0.2, 0) is 4.74 Å². The lowest BCUT2D eigenvalue weighted by atomic mass is 9.91. The fourth-order valence-electron chi connectivity index (χ4n) is 1.30. The molecule has 0 saturated heterocycles. The number of likely N-dealkylation sites (N-methyl/N-ethyl adjacent to an activating group) is 1. The molecule has 0 rings (SSSR count). The summed E-state index contributed by atoms with van der Waals surface area (Å²) >= 11 is 0. The highest BCUT2D eigenvalue weighted by molar-refractivity contribution is 4.74. The summed E-state index contributed by atoms with van der Waals surface area (Å²) in [7, 11) is 1.76. The minimum atomic E-state index is 0.500. The first-order valence-electron chi connectivity index (χ1n) is 4.85. The number of hydrogen-bond donors (Lipinski definition) is 1. The van der Waals surface area contributed by atoms with Gasteiger partial charge < -0.3 is 10.1 Å². The first-order valence-corrected chi connectivity index (χ1v) is 4.85. The summed E-state index contributed by atoms with van der Waals surface area (Å²) in [6.07, 6.45) is 0. The molecule has 74 valence electrons. The van der Waals surface area contributed by atoms with E-state index < -0.39 is 0 Å². The number of nitrogens with one attached hydrogen (secondary N) is 1. The van der Waals surface area contributed by atoms with Crippen LogP contribution >= 0.6 is 0 Å². The number of rotatable bonds is 6. The maximum absolute atomic E-state index is 5.17. The van der Waals surface area contributed by atoms with Crippen LogP contribution in [-0.4, -0.2) is 26.3 Å². The summed E-state index contributed by atoms with van der Waals surface area (Å²) in [6.45, 7) is 10.8. The van der Waals surface area contributed by atoms with Crippen molar-refractivity contribution in [2.75, 3.05) is 20.3 Å². The summed E-state index contributed by atoms with van der Waals surface area (Å²) in [5.41, 5.74) is 0. The van der Waals surface area contributed by atoms with Gasteiger partial charge in [0.25, 0.3) is 0 Å². The minimum Gasteiger partial charge on any atom is -0.383 e. The van der Waals surface area contributed by atoms with Crippen molar-refractivity contribution in [3.63, 3.8) is 0 Å². The highest BCUT2D eigenvalue weighted by Crippen LogP contribution is 2.14. The van der Waals surface area contributed by atoms with Crippen LogP contribution in [0.1, 0.15) is 27.7 Å². The molecule has 12 heavy (non-hydrogen) atoms. The fourth-order valence-corrected chi connectivity index (χ4v) is 1.30. The molecule has 0 aliphatic rings. The average Bonchev–Trinajstić information content (AvgIpc) is 2.03. The highest BCUT2D eigenvalue weighted by atomic mass is 16.5. The zero-order valence-electron chi connectivity index (χ0n) is 9.05. The molecule has 2 heteroatoms. The lowest BCUT2D eigenvalue weighted by Crippen LogP contribution is -2.40. The molecule has 0 aromatic carbocycles. The molecule has 2 nitrogen and oxygen atoms in total. The van der Waals surface area contributed by atoms with Gasteiger partial charge >= 0.3 is 0 Å². The molecule has 0 aliphatic carbocycles. The van der Waals surface area contributed by atoms with E-state index in [0.717, 1.165) is 13.2 Å². The van der Waals surface area contributed by atoms with Gasteiger partial charge in [0, 0.05) is 13.2 Å². The molecule has 1 N–H and O–H groups in total. The van der Waals surface area contributed by atoms with E-state index in [1.54, 1.807) is 7.11 Å². The Morgan fingerprint density at radius 3 is 2.17 bits per heavy atom. The van der Waals surface area contributed by atoms with Crippen LogP contribution in [0.3, 0.4) is 0 Å². The Morgan fingerprint density at radius 1 is 1.25 bits per heavy atom. The van der Waals surface area contributed by atoms with Gasteiger partial charge in [0.2, 0.25) is 0 Å². The Hall–Kier alpha value is -0.0800. The normalized spacial score (nSPS) is 16.5. The van der Waals surface area contributed by atoms with Gasteiger partial charge in [-0.15, -0.1) is 0 Å². The van der Waals surface area contributed by atoms with Crippen LogP contribution in [0.2, 0.25) is 0 Å². The smallest absolute Gasteiger partial charge is 0.0618 e. The highest BCUT2D eigenvalue weighted by Gasteiger charge is 2.18. The number of hydrogen-bond acceptors (Lipinski definition) is 2. The molecule has 0 heterocycles. The lowest BCUT2D eigenvalue weighted by molar-refractivity contribution is 0.131. The number of ether oxygens (including phenoxy) is 1. The molecule has 2 unspecified atom stereocenters. The molecule has 0 fully saturated rings. The van der Waals surface area contributed by atoms with Crippen molar-refractivity contribution >= 4 is 0 Å². The molecule has 0 aromatic heterocycles. The summed E-state index contributed by atoms with van der Waals surface area (Å²) in [5.74, 6) is 1.38. The predicted molar refractivity (Wildman–Crippen MR) is 53.3 cm³/mol. The molecular formula is C10H23NO. The van der Waals surface area contributed by atoms with E-state index in [1.807, 2.05) is 0 Å². The summed E-state index contributed by atoms with van der Waals surface area (Å²) in [5, 5.41) is 3.44. The lowest BCUT2D eigenvalue weighted by Gasteiger charge is -2.26. The Bertz CT molecular complexity index is 98.0. The molecule has 0 aromatic rings. The third-order valence-corrected chi connectivity index (χ3v) is 2.50. The molecule has 0 spiro atoms. The second-order valence-electron chi connectivity index (χ2n) is 3.72. The molecule has 0 aliphatic heterocycles. The molecule has 0 saturated carbocycles. The summed E-state index contributed by atoms with van der Waals surface area (Å²) < 4.78 is 5.17. The first-order chi connectivity index (χ1) is 5.63. The summed E-state index contributed by atoms with van der Waals surface area (Å²) in [6, 6.07) is 0.500. The zero-order chi connectivity index (χ0) is 9.56. The van der Waals surface area contributed by atoms with Crippen LogP contribution in [0, 0.1) is 11.8 Å². The monoisotopic (exact) mass is 173 g/mol. The standard InChI is InChI=1S/C10H23NO/c1-6-11-10(7-12-5)9(4)8(2)3/h8-11H,6-7H2,1-5H3. The quantitative estimate of drug-likeness (QED) is 0.662. The van der Waals surface area contributed by atoms with Crippen molar-refractivity contribution in [2.45, 2.75) is 33.7 Å². The largest absolute Gasteiger partial charge is 0.383 e. The molecule has 0 radical (unpaired) electrons. The van der Waals surface area contributed by atoms with E-state index in [-0.39, 0.29) is 0 Å². The SMILES string of the molecule is CCNC(COC)C(C)C(C)C. The van der Waals surface area contributed by atoms with Crippen molar-refractivity contribution < 1.29 is 4.74 Å². The van der Waals surface area contributed by atoms with E-state index in [1.165, 1.54) is 0 Å². The Kier molecular flexibility index (Phi) is 6.39. The van der Waals surface area contributed by atoms with Gasteiger partial charge in [-0.2, -0.15) is 0 Å². The van der Waals surface area contributed by atoms with Crippen molar-refractivity contribution in [3.05, 3.63) is 0 Å². The van der Waals surface area contributed by atoms with Crippen LogP contribution in [0.15, 0.2) is 0 Å². The van der Waals surface area contributed by atoms with E-state index in [0.29, 0.717) is 17.9 Å². The van der Waals surface area contributed by atoms with Crippen molar-refractivity contribution in [1.82, 2.24) is 5.32 Å². The van der Waals surface area contributed by atoms with Gasteiger partial charge in [-0.25, -0.2) is 0 Å². The van der Waals surface area contributed by atoms with Crippen molar-refractivity contribution in [2.24, 2.45) is 11.8 Å². The third kappa shape index (κ3) is 4.07. The van der Waals surface area contributed by atoms with E-state index in [2.05, 4.69) is 33.0 Å². The molecule has 0 amide bonds. The van der Waals surface area contributed by atoms with Gasteiger partial charge in [-0.1, -0.05) is 27.7 Å². The van der Waals surface area contributed by atoms with Crippen LogP contribution in [0.25, 0.3) is 0 Å². The Labute approximate surface area is 76.7 Å². The van der Waals surface area contributed by atoms with E-state index in [4.69, 9.17) is 4.74 Å². The molecular weight excluding hydrogens is 150 g/mol. The maximum Gasteiger partial charge on any atom is 0.0618 e. The van der Waals surface area contributed by atoms with Crippen molar-refractivity contribution in [3.8, 4) is 0 Å². The van der Waals surface area contributed by atoms with Crippen LogP contribution in [0.4, 0.5) is 0 Å². The van der Waals surface area contributed by atoms with E-state index in [9.17, 15) is 0 Å². The topological polar surface area (TPSA) is 21.3 Å². The first kappa shape index (κ1) is 11.9. The zero-order valence-corrected chi connectivity index (χ0v) is 9.05. The van der Waals surface area contributed by atoms with Gasteiger partial charge in [0.15, 0.2) is 0 Å². The average molecular weight is 173 g/mol. The van der Waals surface area contributed by atoms with Crippen LogP contribution in [0.5, 0.6) is 0 Å². The van der Waals surface area contributed by atoms with Gasteiger partial charge in [-0.3, -0.25) is 0 Å². The second-order valence-corrected chi connectivity index (χ2v) is 3.72. The van der Waals surface area contributed by atoms with Crippen LogP contribution < -0.4 is 5.32 Å².